The first-order valence-corrected chi connectivity index (χ1v) is 11.6. The van der Waals surface area contributed by atoms with Crippen LogP contribution < -0.4 is 15.0 Å². The number of nitrogens with one attached hydrogen (secondary N) is 1. The number of anilines is 1. The van der Waals surface area contributed by atoms with Gasteiger partial charge in [0, 0.05) is 39.8 Å². The van der Waals surface area contributed by atoms with Crippen LogP contribution in [0.4, 0.5) is 5.69 Å². The number of nitrogens with zero attached hydrogens (tertiary/aromatic N) is 1. The summed E-state index contributed by atoms with van der Waals surface area (Å²) in [7, 11) is 0. The Morgan fingerprint density at radius 2 is 1.72 bits per heavy atom. The van der Waals surface area contributed by atoms with Gasteiger partial charge in [-0.3, -0.25) is 14.9 Å². The molecule has 32 heavy (non-hydrogen) atoms. The van der Waals surface area contributed by atoms with Gasteiger partial charge in [-0.2, -0.15) is 0 Å². The third kappa shape index (κ3) is 2.48. The Kier molecular flexibility index (Phi) is 4.32. The minimum atomic E-state index is -1.04. The van der Waals surface area contributed by atoms with Gasteiger partial charge in [-0.05, 0) is 36.8 Å². The number of hydrogen-bond acceptors (Lipinski definition) is 4. The van der Waals surface area contributed by atoms with Crippen LogP contribution in [0.15, 0.2) is 77.3 Å². The molecular weight excluding hydrogens is 468 g/mol. The molecule has 1 spiro atoms. The van der Waals surface area contributed by atoms with Gasteiger partial charge < -0.3 is 9.64 Å². The largest absolute Gasteiger partial charge is 0.426 e. The third-order valence-electron chi connectivity index (χ3n) is 7.05. The number of carbonyl (C=O) groups is 2. The molecule has 3 aromatic rings. The van der Waals surface area contributed by atoms with E-state index in [9.17, 15) is 9.59 Å². The highest BCUT2D eigenvalue weighted by Gasteiger charge is 2.67. The molecule has 0 radical (unpaired) electrons. The average molecular weight is 489 g/mol. The fraction of sp³-hybridized carbons (Fsp3) is 0.231. The summed E-state index contributed by atoms with van der Waals surface area (Å²) in [5.74, 6) is -0.679. The fourth-order valence-electron chi connectivity index (χ4n) is 5.79. The zero-order valence-corrected chi connectivity index (χ0v) is 19.0. The Hall–Kier alpha value is -2.96. The lowest BCUT2D eigenvalue weighted by atomic mass is 9.70. The molecule has 0 saturated carbocycles. The average Bonchev–Trinajstić information content (AvgIpc) is 3.29. The molecule has 0 aromatic heterocycles. The van der Waals surface area contributed by atoms with Crippen LogP contribution in [-0.4, -0.2) is 18.4 Å². The highest BCUT2D eigenvalue weighted by molar-refractivity contribution is 9.10. The van der Waals surface area contributed by atoms with Crippen molar-refractivity contribution >= 4 is 33.5 Å². The molecule has 1 amide bonds. The van der Waals surface area contributed by atoms with Gasteiger partial charge >= 0.3 is 5.97 Å². The summed E-state index contributed by atoms with van der Waals surface area (Å²) in [6, 6.07) is 23.1. The van der Waals surface area contributed by atoms with Crippen molar-refractivity contribution in [1.82, 2.24) is 5.32 Å². The number of esters is 1. The van der Waals surface area contributed by atoms with E-state index in [1.165, 1.54) is 0 Å². The molecule has 3 aromatic carbocycles. The SMILES string of the molecule is CCN1C(=O)[C@]2(N[C@H](c3ccc(Br)cc3)[C@H]3C(=O)Oc4ccccc4[C@H]32)c2ccccc21. The summed E-state index contributed by atoms with van der Waals surface area (Å²) >= 11 is 3.49. The van der Waals surface area contributed by atoms with Gasteiger partial charge in [0.15, 0.2) is 0 Å². The zero-order valence-electron chi connectivity index (χ0n) is 17.4. The van der Waals surface area contributed by atoms with Crippen LogP contribution >= 0.6 is 15.9 Å². The van der Waals surface area contributed by atoms with E-state index in [1.54, 1.807) is 0 Å². The van der Waals surface area contributed by atoms with E-state index in [-0.39, 0.29) is 23.8 Å². The molecule has 0 unspecified atom stereocenters. The van der Waals surface area contributed by atoms with Crippen molar-refractivity contribution in [2.24, 2.45) is 5.92 Å². The summed E-state index contributed by atoms with van der Waals surface area (Å²) < 4.78 is 6.75. The predicted molar refractivity (Wildman–Crippen MR) is 124 cm³/mol. The minimum absolute atomic E-state index is 0.0136. The Balaban J connectivity index is 1.63. The smallest absolute Gasteiger partial charge is 0.317 e. The summed E-state index contributed by atoms with van der Waals surface area (Å²) in [4.78, 5) is 29.4. The van der Waals surface area contributed by atoms with Crippen LogP contribution in [-0.2, 0) is 15.1 Å². The third-order valence-corrected chi connectivity index (χ3v) is 7.58. The first-order chi connectivity index (χ1) is 15.6. The second-order valence-corrected chi connectivity index (χ2v) is 9.43. The van der Waals surface area contributed by atoms with E-state index < -0.39 is 11.5 Å². The molecule has 6 heteroatoms. The number of benzene rings is 3. The Labute approximate surface area is 194 Å². The van der Waals surface area contributed by atoms with Crippen LogP contribution in [0.2, 0.25) is 0 Å². The molecule has 4 atom stereocenters. The number of para-hydroxylation sites is 2. The number of carbonyl (C=O) groups excluding carboxylic acids is 2. The van der Waals surface area contributed by atoms with Gasteiger partial charge in [0.1, 0.15) is 11.3 Å². The van der Waals surface area contributed by atoms with E-state index in [0.29, 0.717) is 12.3 Å². The van der Waals surface area contributed by atoms with E-state index in [1.807, 2.05) is 84.6 Å². The number of likely N-dealkylation sites (N-methyl/N-ethyl adjacent to an activating group) is 1. The number of halogens is 1. The quantitative estimate of drug-likeness (QED) is 0.420. The first-order valence-electron chi connectivity index (χ1n) is 10.8. The van der Waals surface area contributed by atoms with Crippen molar-refractivity contribution in [3.05, 3.63) is 94.0 Å². The lowest BCUT2D eigenvalue weighted by molar-refractivity contribution is -0.141. The maximum atomic E-state index is 14.1. The van der Waals surface area contributed by atoms with Crippen LogP contribution in [0.5, 0.6) is 5.75 Å². The van der Waals surface area contributed by atoms with Gasteiger partial charge in [0.2, 0.25) is 0 Å². The molecule has 5 nitrogen and oxygen atoms in total. The normalized spacial score (nSPS) is 27.8. The van der Waals surface area contributed by atoms with Crippen LogP contribution in [0, 0.1) is 5.92 Å². The molecule has 3 heterocycles. The predicted octanol–water partition coefficient (Wildman–Crippen LogP) is 4.67. The molecule has 160 valence electrons. The lowest BCUT2D eigenvalue weighted by Gasteiger charge is -2.35. The first kappa shape index (κ1) is 19.7. The van der Waals surface area contributed by atoms with Gasteiger partial charge in [-0.25, -0.2) is 0 Å². The fourth-order valence-corrected chi connectivity index (χ4v) is 6.05. The second kappa shape index (κ2) is 7.02. The molecular formula is C26H21BrN2O3. The Morgan fingerprint density at radius 1 is 1.00 bits per heavy atom. The molecule has 1 fully saturated rings. The summed E-state index contributed by atoms with van der Waals surface area (Å²) in [5, 5.41) is 3.68. The van der Waals surface area contributed by atoms with Gasteiger partial charge in [-0.1, -0.05) is 64.5 Å². The number of ether oxygens (including phenoxy) is 1. The standard InChI is InChI=1S/C26H21BrN2O3/c1-2-29-19-9-5-4-8-18(19)26(25(29)31)22-17-7-3-6-10-20(17)32-24(30)21(22)23(28-26)15-11-13-16(27)14-12-15/h3-14,21-23,28H,2H2,1H3/t21-,22+,23+,26-/m0/s1. The van der Waals surface area contributed by atoms with Crippen LogP contribution in [0.1, 0.15) is 35.6 Å². The van der Waals surface area contributed by atoms with Gasteiger partial charge in [-0.15, -0.1) is 0 Å². The van der Waals surface area contributed by atoms with Crippen molar-refractivity contribution in [2.75, 3.05) is 11.4 Å². The molecule has 1 saturated heterocycles. The van der Waals surface area contributed by atoms with Gasteiger partial charge in [0.05, 0.1) is 5.92 Å². The molecule has 6 rings (SSSR count). The summed E-state index contributed by atoms with van der Waals surface area (Å²) in [6.45, 7) is 2.54. The molecule has 1 N–H and O–H groups in total. The minimum Gasteiger partial charge on any atom is -0.426 e. The Morgan fingerprint density at radius 3 is 2.50 bits per heavy atom. The number of fused-ring (bicyclic) bond motifs is 6. The number of amides is 1. The number of hydrogen-bond donors (Lipinski definition) is 1. The van der Waals surface area contributed by atoms with E-state index in [0.717, 1.165) is 26.9 Å². The molecule has 0 aliphatic carbocycles. The maximum absolute atomic E-state index is 14.1. The van der Waals surface area contributed by atoms with E-state index >= 15 is 0 Å². The monoisotopic (exact) mass is 488 g/mol. The Bertz CT molecular complexity index is 1260. The summed E-state index contributed by atoms with van der Waals surface area (Å²) in [6.07, 6.45) is 0. The molecule has 3 aliphatic rings. The summed E-state index contributed by atoms with van der Waals surface area (Å²) in [5.41, 5.74) is 2.64. The maximum Gasteiger partial charge on any atom is 0.317 e. The second-order valence-electron chi connectivity index (χ2n) is 8.51. The van der Waals surface area contributed by atoms with Crippen LogP contribution in [0.25, 0.3) is 0 Å². The van der Waals surface area contributed by atoms with E-state index in [2.05, 4.69) is 21.2 Å². The topological polar surface area (TPSA) is 58.6 Å². The van der Waals surface area contributed by atoms with E-state index in [4.69, 9.17) is 4.74 Å². The molecule has 3 aliphatic heterocycles. The molecule has 0 bridgehead atoms. The van der Waals surface area contributed by atoms with Crippen molar-refractivity contribution in [3.63, 3.8) is 0 Å². The number of rotatable bonds is 2. The lowest BCUT2D eigenvalue weighted by Crippen LogP contribution is -2.51. The highest BCUT2D eigenvalue weighted by atomic mass is 79.9. The zero-order chi connectivity index (χ0) is 22.0. The highest BCUT2D eigenvalue weighted by Crippen LogP contribution is 2.61. The van der Waals surface area contributed by atoms with Crippen molar-refractivity contribution in [1.29, 1.82) is 0 Å². The van der Waals surface area contributed by atoms with Crippen LogP contribution in [0.3, 0.4) is 0 Å². The van der Waals surface area contributed by atoms with Gasteiger partial charge in [0.25, 0.3) is 5.91 Å². The van der Waals surface area contributed by atoms with Crippen molar-refractivity contribution < 1.29 is 14.3 Å². The van der Waals surface area contributed by atoms with Crippen molar-refractivity contribution in [2.45, 2.75) is 24.4 Å². The van der Waals surface area contributed by atoms with Crippen molar-refractivity contribution in [3.8, 4) is 5.75 Å².